The Morgan fingerprint density at radius 3 is 3.07 bits per heavy atom. The minimum atomic E-state index is -0.280. The minimum Gasteiger partial charge on any atom is -0.443 e. The summed E-state index contributed by atoms with van der Waals surface area (Å²) < 4.78 is 6.81. The highest BCUT2D eigenvalue weighted by molar-refractivity contribution is 5.69. The number of rotatable bonds is 4. The van der Waals surface area contributed by atoms with Gasteiger partial charge in [0.25, 0.3) is 0 Å². The Kier molecular flexibility index (Phi) is 2.86. The van der Waals surface area contributed by atoms with Crippen LogP contribution in [0.25, 0.3) is 0 Å². The van der Waals surface area contributed by atoms with Crippen LogP contribution in [0.4, 0.5) is 4.79 Å². The molecule has 1 aliphatic rings. The van der Waals surface area contributed by atoms with Crippen molar-refractivity contribution >= 4 is 6.09 Å². The van der Waals surface area contributed by atoms with Crippen molar-refractivity contribution in [2.24, 2.45) is 5.73 Å². The number of cyclic esters (lactones) is 1. The summed E-state index contributed by atoms with van der Waals surface area (Å²) in [6, 6.07) is 1.85. The van der Waals surface area contributed by atoms with Gasteiger partial charge in [0.05, 0.1) is 13.1 Å². The summed E-state index contributed by atoms with van der Waals surface area (Å²) in [6.07, 6.45) is 3.14. The lowest BCUT2D eigenvalue weighted by molar-refractivity contribution is 0.134. The van der Waals surface area contributed by atoms with Gasteiger partial charge in [0.2, 0.25) is 0 Å². The molecule has 1 amide bonds. The molecule has 1 atom stereocenters. The molecule has 0 bridgehead atoms. The Morgan fingerprint density at radius 1 is 1.60 bits per heavy atom. The summed E-state index contributed by atoms with van der Waals surface area (Å²) in [5, 5.41) is 4.05. The van der Waals surface area contributed by atoms with E-state index in [2.05, 4.69) is 5.10 Å². The zero-order chi connectivity index (χ0) is 10.7. The van der Waals surface area contributed by atoms with Crippen molar-refractivity contribution in [1.82, 2.24) is 14.7 Å². The molecule has 0 saturated carbocycles. The molecule has 2 heterocycles. The van der Waals surface area contributed by atoms with Crippen LogP contribution in [0, 0.1) is 0 Å². The largest absolute Gasteiger partial charge is 0.443 e. The Hall–Kier alpha value is -1.56. The van der Waals surface area contributed by atoms with Gasteiger partial charge in [0.15, 0.2) is 0 Å². The molecule has 0 radical (unpaired) electrons. The van der Waals surface area contributed by atoms with Gasteiger partial charge in [-0.1, -0.05) is 0 Å². The van der Waals surface area contributed by atoms with Crippen LogP contribution in [0.1, 0.15) is 0 Å². The molecule has 1 aliphatic heterocycles. The van der Waals surface area contributed by atoms with Crippen LogP contribution in [0.5, 0.6) is 0 Å². The van der Waals surface area contributed by atoms with Crippen LogP contribution in [-0.4, -0.2) is 46.5 Å². The lowest BCUT2D eigenvalue weighted by Gasteiger charge is -2.12. The monoisotopic (exact) mass is 210 g/mol. The van der Waals surface area contributed by atoms with E-state index in [9.17, 15) is 4.79 Å². The molecule has 82 valence electrons. The number of carbonyl (C=O) groups excluding carboxylic acids is 1. The second-order valence-electron chi connectivity index (χ2n) is 3.46. The van der Waals surface area contributed by atoms with Crippen LogP contribution >= 0.6 is 0 Å². The van der Waals surface area contributed by atoms with Crippen molar-refractivity contribution in [2.45, 2.75) is 12.6 Å². The van der Waals surface area contributed by atoms with E-state index in [4.69, 9.17) is 10.5 Å². The molecule has 15 heavy (non-hydrogen) atoms. The standard InChI is InChI=1S/C9H14N4O2/c10-6-8-7-12(9(14)15-8)4-5-13-3-1-2-11-13/h1-3,8H,4-7,10H2. The molecule has 1 fully saturated rings. The molecule has 1 unspecified atom stereocenters. The maximum atomic E-state index is 11.3. The number of nitrogens with zero attached hydrogens (tertiary/aromatic N) is 3. The Morgan fingerprint density at radius 2 is 2.47 bits per heavy atom. The molecule has 6 heteroatoms. The Balaban J connectivity index is 1.83. The molecule has 0 aromatic carbocycles. The number of nitrogens with two attached hydrogens (primary N) is 1. The van der Waals surface area contributed by atoms with Crippen molar-refractivity contribution in [2.75, 3.05) is 19.6 Å². The molecule has 1 saturated heterocycles. The van der Waals surface area contributed by atoms with Gasteiger partial charge in [-0.15, -0.1) is 0 Å². The topological polar surface area (TPSA) is 73.4 Å². The van der Waals surface area contributed by atoms with Gasteiger partial charge in [-0.2, -0.15) is 5.10 Å². The summed E-state index contributed by atoms with van der Waals surface area (Å²) in [7, 11) is 0. The average molecular weight is 210 g/mol. The van der Waals surface area contributed by atoms with Crippen LogP contribution < -0.4 is 5.73 Å². The Bertz CT molecular complexity index is 325. The maximum absolute atomic E-state index is 11.3. The van der Waals surface area contributed by atoms with E-state index in [1.807, 2.05) is 12.3 Å². The zero-order valence-corrected chi connectivity index (χ0v) is 8.37. The molecular weight excluding hydrogens is 196 g/mol. The fourth-order valence-electron chi connectivity index (χ4n) is 1.54. The smallest absolute Gasteiger partial charge is 0.410 e. The van der Waals surface area contributed by atoms with Gasteiger partial charge in [-0.25, -0.2) is 4.79 Å². The third-order valence-corrected chi connectivity index (χ3v) is 2.37. The zero-order valence-electron chi connectivity index (χ0n) is 8.37. The van der Waals surface area contributed by atoms with E-state index in [1.54, 1.807) is 15.8 Å². The molecule has 2 rings (SSSR count). The van der Waals surface area contributed by atoms with Gasteiger partial charge in [0.1, 0.15) is 6.10 Å². The molecule has 6 nitrogen and oxygen atoms in total. The van der Waals surface area contributed by atoms with E-state index in [0.717, 1.165) is 0 Å². The van der Waals surface area contributed by atoms with Crippen molar-refractivity contribution in [3.05, 3.63) is 18.5 Å². The number of amides is 1. The first-order valence-electron chi connectivity index (χ1n) is 4.92. The third kappa shape index (κ3) is 2.27. The van der Waals surface area contributed by atoms with Gasteiger partial charge >= 0.3 is 6.09 Å². The fraction of sp³-hybridized carbons (Fsp3) is 0.556. The predicted octanol–water partition coefficient (Wildman–Crippen LogP) is -0.337. The number of ether oxygens (including phenoxy) is 1. The van der Waals surface area contributed by atoms with E-state index in [-0.39, 0.29) is 12.2 Å². The fourth-order valence-corrected chi connectivity index (χ4v) is 1.54. The summed E-state index contributed by atoms with van der Waals surface area (Å²) in [5.41, 5.74) is 5.43. The van der Waals surface area contributed by atoms with E-state index in [1.165, 1.54) is 0 Å². The molecular formula is C9H14N4O2. The van der Waals surface area contributed by atoms with Crippen molar-refractivity contribution in [3.63, 3.8) is 0 Å². The summed E-state index contributed by atoms with van der Waals surface area (Å²) in [6.45, 7) is 2.25. The van der Waals surface area contributed by atoms with Crippen molar-refractivity contribution < 1.29 is 9.53 Å². The van der Waals surface area contributed by atoms with E-state index in [0.29, 0.717) is 26.2 Å². The predicted molar refractivity (Wildman–Crippen MR) is 53.1 cm³/mol. The highest BCUT2D eigenvalue weighted by atomic mass is 16.6. The van der Waals surface area contributed by atoms with Crippen LogP contribution in [0.2, 0.25) is 0 Å². The third-order valence-electron chi connectivity index (χ3n) is 2.37. The molecule has 0 aliphatic carbocycles. The van der Waals surface area contributed by atoms with Gasteiger partial charge in [-0.05, 0) is 6.07 Å². The first kappa shape index (κ1) is 9.97. The normalized spacial score (nSPS) is 20.7. The van der Waals surface area contributed by atoms with Crippen LogP contribution in [0.3, 0.4) is 0 Å². The van der Waals surface area contributed by atoms with Gasteiger partial charge < -0.3 is 15.4 Å². The van der Waals surface area contributed by atoms with E-state index >= 15 is 0 Å². The second-order valence-corrected chi connectivity index (χ2v) is 3.46. The molecule has 1 aromatic heterocycles. The highest BCUT2D eigenvalue weighted by Gasteiger charge is 2.29. The molecule has 1 aromatic rings. The quantitative estimate of drug-likeness (QED) is 0.738. The number of carbonyl (C=O) groups is 1. The first-order chi connectivity index (χ1) is 7.29. The number of aromatic nitrogens is 2. The summed E-state index contributed by atoms with van der Waals surface area (Å²) in [5.74, 6) is 0. The molecule has 0 spiro atoms. The maximum Gasteiger partial charge on any atom is 0.410 e. The summed E-state index contributed by atoms with van der Waals surface area (Å²) >= 11 is 0. The SMILES string of the molecule is NCC1CN(CCn2cccn2)C(=O)O1. The van der Waals surface area contributed by atoms with Gasteiger partial charge in [0, 0.05) is 25.5 Å². The lowest BCUT2D eigenvalue weighted by atomic mass is 10.3. The average Bonchev–Trinajstić information content (AvgIpc) is 2.84. The Labute approximate surface area is 87.6 Å². The van der Waals surface area contributed by atoms with Gasteiger partial charge in [-0.3, -0.25) is 4.68 Å². The second kappa shape index (κ2) is 4.31. The van der Waals surface area contributed by atoms with Crippen molar-refractivity contribution in [1.29, 1.82) is 0 Å². The molecule has 2 N–H and O–H groups in total. The number of hydrogen-bond donors (Lipinski definition) is 1. The van der Waals surface area contributed by atoms with Crippen LogP contribution in [0.15, 0.2) is 18.5 Å². The minimum absolute atomic E-state index is 0.157. The highest BCUT2D eigenvalue weighted by Crippen LogP contribution is 2.09. The van der Waals surface area contributed by atoms with Crippen molar-refractivity contribution in [3.8, 4) is 0 Å². The first-order valence-corrected chi connectivity index (χ1v) is 4.92. The lowest BCUT2D eigenvalue weighted by Crippen LogP contribution is -2.30. The van der Waals surface area contributed by atoms with Crippen LogP contribution in [-0.2, 0) is 11.3 Å². The summed E-state index contributed by atoms with van der Waals surface area (Å²) in [4.78, 5) is 13.0. The number of hydrogen-bond acceptors (Lipinski definition) is 4. The van der Waals surface area contributed by atoms with E-state index < -0.39 is 0 Å².